The third-order valence-corrected chi connectivity index (χ3v) is 14.4. The molecule has 7 rings (SSSR count). The van der Waals surface area contributed by atoms with Gasteiger partial charge in [0.15, 0.2) is 5.82 Å². The monoisotopic (exact) mass is 928 g/mol. The fraction of sp³-hybridized carbons (Fsp3) is 0.489. The first kappa shape index (κ1) is 47.7. The molecule has 2 amide bonds. The Balaban J connectivity index is 0.859. The number of carbonyl (C=O) groups is 3. The van der Waals surface area contributed by atoms with Gasteiger partial charge in [-0.05, 0) is 94.3 Å². The number of nitrogens with zero attached hydrogens (tertiary/aromatic N) is 7. The van der Waals surface area contributed by atoms with Crippen LogP contribution < -0.4 is 35.6 Å². The quantitative estimate of drug-likeness (QED) is 0.0510. The number of hydrogen-bond donors (Lipinski definition) is 3. The van der Waals surface area contributed by atoms with Crippen LogP contribution in [0.25, 0.3) is 0 Å². The Morgan fingerprint density at radius 2 is 1.77 bits per heavy atom. The molecule has 2 saturated heterocycles. The second-order valence-electron chi connectivity index (χ2n) is 17.2. The molecule has 2 aromatic heterocycles. The van der Waals surface area contributed by atoms with Crippen molar-refractivity contribution in [3.63, 3.8) is 0 Å². The van der Waals surface area contributed by atoms with Gasteiger partial charge < -0.3 is 49.5 Å². The standard InChI is InChI=1S/C47H62ClN10O6P/c1-6-32-28-39(52-47-50-29-37(48)43(53-47)51-38-13-7-8-15-41(38)65(4,5)62)45(63-3)54-44(32)57-21-18-33(19-22-57)56-25-23-55(24-26-56)20-9-10-27-64-40-14-11-12-35-36(40)30-58(46(35)61)34(31-59)16-17-42(60)49-2/h7-8,11-15,28-29,31,33-34H,6,9-10,16-27,30H2,1-5H3,(H,49,60)(H2,50,51,52,53). The average Bonchev–Trinajstić information content (AvgIpc) is 3.66. The molecule has 0 radical (unpaired) electrons. The Labute approximate surface area is 387 Å². The Morgan fingerprint density at radius 3 is 2.48 bits per heavy atom. The van der Waals surface area contributed by atoms with Crippen LogP contribution in [-0.2, 0) is 27.1 Å². The molecule has 0 spiro atoms. The van der Waals surface area contributed by atoms with Crippen LogP contribution in [0.1, 0.15) is 66.9 Å². The Hall–Kier alpha value is -5.28. The fourth-order valence-electron chi connectivity index (χ4n) is 8.96. The lowest BCUT2D eigenvalue weighted by Gasteiger charge is -2.43. The second kappa shape index (κ2) is 21.8. The number of fused-ring (bicyclic) bond motifs is 1. The summed E-state index contributed by atoms with van der Waals surface area (Å²) >= 11 is 6.52. The van der Waals surface area contributed by atoms with Crippen molar-refractivity contribution >= 4 is 71.1 Å². The summed E-state index contributed by atoms with van der Waals surface area (Å²) in [4.78, 5) is 60.0. The van der Waals surface area contributed by atoms with E-state index in [1.165, 1.54) is 6.20 Å². The number of methoxy groups -OCH3 is 1. The third kappa shape index (κ3) is 11.6. The fourth-order valence-corrected chi connectivity index (χ4v) is 10.3. The van der Waals surface area contributed by atoms with Crippen LogP contribution >= 0.6 is 18.7 Å². The highest BCUT2D eigenvalue weighted by molar-refractivity contribution is 7.70. The molecular weight excluding hydrogens is 867 g/mol. The van der Waals surface area contributed by atoms with E-state index in [4.69, 9.17) is 26.1 Å². The number of aromatic nitrogens is 3. The number of aryl methyl sites for hydroxylation is 1. The van der Waals surface area contributed by atoms with E-state index < -0.39 is 13.2 Å². The number of benzene rings is 2. The molecule has 0 aliphatic carbocycles. The zero-order valence-electron chi connectivity index (χ0n) is 38.1. The van der Waals surface area contributed by atoms with E-state index in [9.17, 15) is 18.9 Å². The van der Waals surface area contributed by atoms with Crippen LogP contribution in [-0.4, -0.2) is 140 Å². The summed E-state index contributed by atoms with van der Waals surface area (Å²) in [5.74, 6) is 2.42. The number of hydrogen-bond acceptors (Lipinski definition) is 14. The van der Waals surface area contributed by atoms with Crippen molar-refractivity contribution < 1.29 is 28.4 Å². The van der Waals surface area contributed by atoms with Crippen molar-refractivity contribution in [1.29, 1.82) is 0 Å². The first-order valence-corrected chi connectivity index (χ1v) is 25.6. The second-order valence-corrected chi connectivity index (χ2v) is 20.8. The number of rotatable bonds is 20. The van der Waals surface area contributed by atoms with Crippen molar-refractivity contribution in [2.75, 3.05) is 95.4 Å². The smallest absolute Gasteiger partial charge is 0.255 e. The molecule has 4 aromatic rings. The van der Waals surface area contributed by atoms with Gasteiger partial charge in [0, 0.05) is 75.2 Å². The van der Waals surface area contributed by atoms with Crippen LogP contribution in [0.5, 0.6) is 11.6 Å². The summed E-state index contributed by atoms with van der Waals surface area (Å²) in [6.07, 6.45) is 7.56. The van der Waals surface area contributed by atoms with Crippen LogP contribution in [0, 0.1) is 0 Å². The minimum absolute atomic E-state index is 0.160. The molecule has 2 fully saturated rings. The van der Waals surface area contributed by atoms with E-state index in [-0.39, 0.29) is 24.7 Å². The number of carbonyl (C=O) groups excluding carboxylic acids is 3. The molecule has 1 atom stereocenters. The summed E-state index contributed by atoms with van der Waals surface area (Å²) < 4.78 is 25.0. The van der Waals surface area contributed by atoms with E-state index >= 15 is 0 Å². The SMILES string of the molecule is CCc1cc(Nc2ncc(Cl)c(Nc3ccccc3P(C)(C)=O)n2)c(OC)nc1N1CCC(N2CCN(CCCCOc3cccc4c3CN(C(C=O)CCC(=O)NC)C4=O)CC2)CC1. The van der Waals surface area contributed by atoms with E-state index in [2.05, 4.69) is 53.6 Å². The summed E-state index contributed by atoms with van der Waals surface area (Å²) in [7, 11) is 0.608. The number of piperidine rings is 1. The lowest BCUT2D eigenvalue weighted by atomic mass is 10.0. The summed E-state index contributed by atoms with van der Waals surface area (Å²) in [6.45, 7) is 13.5. The molecule has 348 valence electrons. The van der Waals surface area contributed by atoms with Crippen LogP contribution in [0.15, 0.2) is 54.7 Å². The third-order valence-electron chi connectivity index (χ3n) is 12.6. The van der Waals surface area contributed by atoms with Crippen LogP contribution in [0.4, 0.5) is 29.0 Å². The number of unbranched alkanes of at least 4 members (excludes halogenated alkanes) is 1. The molecule has 18 heteroatoms. The van der Waals surface area contributed by atoms with Gasteiger partial charge in [0.25, 0.3) is 5.91 Å². The molecule has 3 N–H and O–H groups in total. The zero-order chi connectivity index (χ0) is 46.1. The van der Waals surface area contributed by atoms with Crippen LogP contribution in [0.2, 0.25) is 5.02 Å². The number of halogens is 1. The minimum atomic E-state index is -2.57. The molecule has 2 aromatic carbocycles. The van der Waals surface area contributed by atoms with E-state index in [0.29, 0.717) is 69.9 Å². The maximum atomic E-state index is 13.2. The van der Waals surface area contributed by atoms with Gasteiger partial charge in [-0.1, -0.05) is 36.7 Å². The van der Waals surface area contributed by atoms with Gasteiger partial charge in [0.2, 0.25) is 17.7 Å². The van der Waals surface area contributed by atoms with E-state index in [0.717, 1.165) is 101 Å². The van der Waals surface area contributed by atoms with Crippen molar-refractivity contribution in [2.24, 2.45) is 0 Å². The molecule has 3 aliphatic rings. The average molecular weight is 930 g/mol. The summed E-state index contributed by atoms with van der Waals surface area (Å²) in [6, 6.07) is 14.9. The molecular formula is C47H62ClN10O6P. The highest BCUT2D eigenvalue weighted by atomic mass is 35.5. The topological polar surface area (TPSA) is 174 Å². The number of piperazine rings is 1. The molecule has 65 heavy (non-hydrogen) atoms. The number of amides is 2. The van der Waals surface area contributed by atoms with Gasteiger partial charge in [-0.3, -0.25) is 14.5 Å². The summed E-state index contributed by atoms with van der Waals surface area (Å²) in [5, 5.41) is 10.2. The van der Waals surface area contributed by atoms with Gasteiger partial charge in [-0.2, -0.15) is 9.97 Å². The zero-order valence-corrected chi connectivity index (χ0v) is 39.8. The molecule has 3 aliphatic heterocycles. The number of ether oxygens (including phenoxy) is 2. The Bertz CT molecular complexity index is 2370. The minimum Gasteiger partial charge on any atom is -0.493 e. The normalized spacial score (nSPS) is 16.6. The largest absolute Gasteiger partial charge is 0.493 e. The number of pyridine rings is 1. The van der Waals surface area contributed by atoms with E-state index in [1.54, 1.807) is 38.5 Å². The number of nitrogens with one attached hydrogen (secondary N) is 3. The number of aldehydes is 1. The van der Waals surface area contributed by atoms with Gasteiger partial charge in [-0.25, -0.2) is 4.98 Å². The van der Waals surface area contributed by atoms with E-state index in [1.807, 2.05) is 36.4 Å². The Kier molecular flexibility index (Phi) is 16.0. The molecule has 0 bridgehead atoms. The first-order valence-electron chi connectivity index (χ1n) is 22.6. The maximum absolute atomic E-state index is 13.2. The van der Waals surface area contributed by atoms with Crippen LogP contribution in [0.3, 0.4) is 0 Å². The maximum Gasteiger partial charge on any atom is 0.255 e. The molecule has 16 nitrogen and oxygen atoms in total. The lowest BCUT2D eigenvalue weighted by molar-refractivity contribution is -0.121. The van der Waals surface area contributed by atoms with Gasteiger partial charge >= 0.3 is 0 Å². The Morgan fingerprint density at radius 1 is 1.00 bits per heavy atom. The number of anilines is 5. The molecule has 0 saturated carbocycles. The summed E-state index contributed by atoms with van der Waals surface area (Å²) in [5.41, 5.74) is 3.79. The highest BCUT2D eigenvalue weighted by Crippen LogP contribution is 2.39. The predicted molar refractivity (Wildman–Crippen MR) is 257 cm³/mol. The van der Waals surface area contributed by atoms with Gasteiger partial charge in [-0.15, -0.1) is 0 Å². The lowest BCUT2D eigenvalue weighted by Crippen LogP contribution is -2.53. The molecule has 1 unspecified atom stereocenters. The van der Waals surface area contributed by atoms with Gasteiger partial charge in [0.1, 0.15) is 35.7 Å². The van der Waals surface area contributed by atoms with Gasteiger partial charge in [0.05, 0.1) is 38.2 Å². The number of para-hydroxylation sites is 1. The van der Waals surface area contributed by atoms with Crippen molar-refractivity contribution in [3.05, 3.63) is 76.4 Å². The van der Waals surface area contributed by atoms with Crippen molar-refractivity contribution in [3.8, 4) is 11.6 Å². The highest BCUT2D eigenvalue weighted by Gasteiger charge is 2.35. The van der Waals surface area contributed by atoms with Crippen molar-refractivity contribution in [1.82, 2.24) is 35.0 Å². The molecule has 5 heterocycles. The predicted octanol–water partition coefficient (Wildman–Crippen LogP) is 6.33. The van der Waals surface area contributed by atoms with Crippen molar-refractivity contribution in [2.45, 2.75) is 70.5 Å². The first-order chi connectivity index (χ1) is 31.4.